The standard InChI is InChI=1S/C33H44F2O/c1-3-5-7-8-24-9-11-25(12-10-24)13-14-26-15-17-27(18-16-26)28-19-20-29-23-31(36-21-6-4-2)33(35)32(34)30(29)22-28/h4,6-8,19-20,22-27H,3,5,9-18,21H2,1-2H3/b6-4?,8-7+. The van der Waals surface area contributed by atoms with Gasteiger partial charge in [-0.1, -0.05) is 62.6 Å². The number of hydrogen-bond donors (Lipinski definition) is 0. The van der Waals surface area contributed by atoms with E-state index in [1.807, 2.05) is 25.1 Å². The molecule has 0 amide bonds. The van der Waals surface area contributed by atoms with Crippen LogP contribution in [0.5, 0.6) is 5.75 Å². The van der Waals surface area contributed by atoms with Gasteiger partial charge < -0.3 is 4.74 Å². The second kappa shape index (κ2) is 13.4. The third-order valence-electron chi connectivity index (χ3n) is 8.64. The lowest BCUT2D eigenvalue weighted by Gasteiger charge is -2.31. The summed E-state index contributed by atoms with van der Waals surface area (Å²) in [6.45, 7) is 4.35. The molecule has 0 spiro atoms. The van der Waals surface area contributed by atoms with Gasteiger partial charge in [-0.2, -0.15) is 4.39 Å². The van der Waals surface area contributed by atoms with Crippen molar-refractivity contribution in [3.8, 4) is 5.75 Å². The Morgan fingerprint density at radius 2 is 1.56 bits per heavy atom. The fourth-order valence-corrected chi connectivity index (χ4v) is 6.29. The van der Waals surface area contributed by atoms with E-state index >= 15 is 0 Å². The monoisotopic (exact) mass is 494 g/mol. The maximum Gasteiger partial charge on any atom is 0.201 e. The SMILES string of the molecule is CC=CCOc1cc2ccc(C3CCC(CCC4CCC(/C=C/CCC)CC4)CC3)cc2c(F)c1F. The number of ether oxygens (including phenoxy) is 1. The van der Waals surface area contributed by atoms with Crippen LogP contribution < -0.4 is 4.74 Å². The van der Waals surface area contributed by atoms with E-state index in [0.717, 1.165) is 36.2 Å². The van der Waals surface area contributed by atoms with Crippen LogP contribution in [0.3, 0.4) is 0 Å². The van der Waals surface area contributed by atoms with Crippen LogP contribution in [0.1, 0.15) is 102 Å². The molecule has 2 aromatic rings. The first-order valence-electron chi connectivity index (χ1n) is 14.4. The predicted molar refractivity (Wildman–Crippen MR) is 148 cm³/mol. The molecule has 0 unspecified atom stereocenters. The smallest absolute Gasteiger partial charge is 0.201 e. The predicted octanol–water partition coefficient (Wildman–Crippen LogP) is 10.3. The Labute approximate surface area is 217 Å². The van der Waals surface area contributed by atoms with Gasteiger partial charge in [0.1, 0.15) is 6.61 Å². The lowest BCUT2D eigenvalue weighted by Crippen LogP contribution is -2.17. The number of unbranched alkanes of at least 4 members (excludes halogenated alkanes) is 1. The molecule has 0 aliphatic heterocycles. The van der Waals surface area contributed by atoms with E-state index in [-0.39, 0.29) is 12.4 Å². The van der Waals surface area contributed by atoms with Crippen LogP contribution >= 0.6 is 0 Å². The first-order valence-corrected chi connectivity index (χ1v) is 14.4. The lowest BCUT2D eigenvalue weighted by molar-refractivity contribution is 0.246. The highest BCUT2D eigenvalue weighted by Crippen LogP contribution is 2.41. The van der Waals surface area contributed by atoms with E-state index < -0.39 is 11.6 Å². The molecular formula is C33H44F2O. The van der Waals surface area contributed by atoms with E-state index in [1.54, 1.807) is 12.1 Å². The average molecular weight is 495 g/mol. The van der Waals surface area contributed by atoms with Gasteiger partial charge in [0.15, 0.2) is 11.6 Å². The first kappa shape index (κ1) is 26.9. The molecule has 3 heteroatoms. The van der Waals surface area contributed by atoms with E-state index in [1.165, 1.54) is 64.2 Å². The Bertz CT molecular complexity index is 1020. The Kier molecular flexibility index (Phi) is 10.0. The zero-order chi connectivity index (χ0) is 25.3. The fourth-order valence-electron chi connectivity index (χ4n) is 6.29. The summed E-state index contributed by atoms with van der Waals surface area (Å²) < 4.78 is 34.9. The molecule has 36 heavy (non-hydrogen) atoms. The highest BCUT2D eigenvalue weighted by atomic mass is 19.2. The van der Waals surface area contributed by atoms with E-state index in [4.69, 9.17) is 4.74 Å². The summed E-state index contributed by atoms with van der Waals surface area (Å²) in [7, 11) is 0. The molecular weight excluding hydrogens is 450 g/mol. The molecule has 0 atom stereocenters. The maximum absolute atomic E-state index is 14.9. The van der Waals surface area contributed by atoms with Gasteiger partial charge in [-0.05, 0) is 111 Å². The molecule has 0 bridgehead atoms. The van der Waals surface area contributed by atoms with Gasteiger partial charge in [0.25, 0.3) is 0 Å². The topological polar surface area (TPSA) is 9.23 Å². The summed E-state index contributed by atoms with van der Waals surface area (Å²) >= 11 is 0. The van der Waals surface area contributed by atoms with Crippen molar-refractivity contribution in [1.29, 1.82) is 0 Å². The van der Waals surface area contributed by atoms with Crippen molar-refractivity contribution < 1.29 is 13.5 Å². The van der Waals surface area contributed by atoms with Gasteiger partial charge in [-0.3, -0.25) is 0 Å². The van der Waals surface area contributed by atoms with Crippen molar-refractivity contribution in [3.05, 3.63) is 65.8 Å². The molecule has 2 aliphatic carbocycles. The number of halogens is 2. The molecule has 1 nitrogen and oxygen atoms in total. The number of hydrogen-bond acceptors (Lipinski definition) is 1. The third kappa shape index (κ3) is 6.99. The van der Waals surface area contributed by atoms with Crippen LogP contribution in [0.4, 0.5) is 8.78 Å². The maximum atomic E-state index is 14.9. The van der Waals surface area contributed by atoms with Crippen molar-refractivity contribution >= 4 is 10.8 Å². The molecule has 2 aromatic carbocycles. The third-order valence-corrected chi connectivity index (χ3v) is 8.64. The Balaban J connectivity index is 1.27. The summed E-state index contributed by atoms with van der Waals surface area (Å²) in [6, 6.07) is 7.53. The molecule has 2 aliphatic rings. The minimum Gasteiger partial charge on any atom is -0.486 e. The van der Waals surface area contributed by atoms with Gasteiger partial charge in [-0.15, -0.1) is 0 Å². The van der Waals surface area contributed by atoms with Crippen LogP contribution in [0.2, 0.25) is 0 Å². The minimum absolute atomic E-state index is 0.0206. The molecule has 2 saturated carbocycles. The lowest BCUT2D eigenvalue weighted by atomic mass is 9.74. The zero-order valence-corrected chi connectivity index (χ0v) is 22.3. The normalized spacial score (nSPS) is 25.2. The van der Waals surface area contributed by atoms with Crippen LogP contribution in [0, 0.1) is 29.4 Å². The Morgan fingerprint density at radius 1 is 0.861 bits per heavy atom. The number of benzene rings is 2. The van der Waals surface area contributed by atoms with Gasteiger partial charge >= 0.3 is 0 Å². The van der Waals surface area contributed by atoms with Gasteiger partial charge in [-0.25, -0.2) is 4.39 Å². The summed E-state index contributed by atoms with van der Waals surface area (Å²) in [5.41, 5.74) is 1.15. The van der Waals surface area contributed by atoms with Gasteiger partial charge in [0.2, 0.25) is 5.82 Å². The largest absolute Gasteiger partial charge is 0.486 e. The van der Waals surface area contributed by atoms with Gasteiger partial charge in [0, 0.05) is 5.39 Å². The highest BCUT2D eigenvalue weighted by molar-refractivity contribution is 5.85. The molecule has 196 valence electrons. The molecule has 0 heterocycles. The number of allylic oxidation sites excluding steroid dienone is 3. The van der Waals surface area contributed by atoms with Crippen molar-refractivity contribution in [2.45, 2.75) is 96.8 Å². The fraction of sp³-hybridized carbons (Fsp3) is 0.576. The minimum atomic E-state index is -0.890. The number of fused-ring (bicyclic) bond motifs is 1. The van der Waals surface area contributed by atoms with E-state index in [2.05, 4.69) is 25.1 Å². The van der Waals surface area contributed by atoms with E-state index in [0.29, 0.717) is 16.7 Å². The van der Waals surface area contributed by atoms with Crippen LogP contribution in [0.15, 0.2) is 48.6 Å². The average Bonchev–Trinajstić information content (AvgIpc) is 2.91. The van der Waals surface area contributed by atoms with Gasteiger partial charge in [0.05, 0.1) is 0 Å². The van der Waals surface area contributed by atoms with Crippen molar-refractivity contribution in [1.82, 2.24) is 0 Å². The zero-order valence-electron chi connectivity index (χ0n) is 22.3. The summed E-state index contributed by atoms with van der Waals surface area (Å²) in [5.74, 6) is 1.31. The molecule has 0 saturated heterocycles. The van der Waals surface area contributed by atoms with Crippen LogP contribution in [-0.4, -0.2) is 6.61 Å². The molecule has 0 N–H and O–H groups in total. The Morgan fingerprint density at radius 3 is 2.22 bits per heavy atom. The second-order valence-electron chi connectivity index (χ2n) is 11.2. The van der Waals surface area contributed by atoms with Crippen molar-refractivity contribution in [3.63, 3.8) is 0 Å². The van der Waals surface area contributed by atoms with Crippen LogP contribution in [-0.2, 0) is 0 Å². The summed E-state index contributed by atoms with van der Waals surface area (Å²) in [4.78, 5) is 0. The summed E-state index contributed by atoms with van der Waals surface area (Å²) in [5, 5.41) is 1.06. The molecule has 4 rings (SSSR count). The molecule has 0 radical (unpaired) electrons. The summed E-state index contributed by atoms with van der Waals surface area (Å²) in [6.07, 6.45) is 24.1. The quantitative estimate of drug-likeness (QED) is 0.298. The number of rotatable bonds is 10. The highest BCUT2D eigenvalue weighted by Gasteiger charge is 2.25. The van der Waals surface area contributed by atoms with Crippen molar-refractivity contribution in [2.75, 3.05) is 6.61 Å². The first-order chi connectivity index (χ1) is 17.6. The molecule has 0 aromatic heterocycles. The Hall–Kier alpha value is -2.16. The molecule has 2 fully saturated rings. The second-order valence-corrected chi connectivity index (χ2v) is 11.2. The van der Waals surface area contributed by atoms with Crippen LogP contribution in [0.25, 0.3) is 10.8 Å². The van der Waals surface area contributed by atoms with E-state index in [9.17, 15) is 8.78 Å². The van der Waals surface area contributed by atoms with Crippen molar-refractivity contribution in [2.24, 2.45) is 17.8 Å².